The molecule has 0 radical (unpaired) electrons. The van der Waals surface area contributed by atoms with E-state index in [-0.39, 0.29) is 23.6 Å². The van der Waals surface area contributed by atoms with E-state index < -0.39 is 0 Å². The Bertz CT molecular complexity index is 792. The van der Waals surface area contributed by atoms with Crippen molar-refractivity contribution in [3.8, 4) is 23.0 Å². The fraction of sp³-hybridized carbons (Fsp3) is 0.364. The Labute approximate surface area is 165 Å². The first-order chi connectivity index (χ1) is 13.6. The van der Waals surface area contributed by atoms with Gasteiger partial charge in [0.25, 0.3) is 0 Å². The molecule has 2 atom stereocenters. The molecule has 1 fully saturated rings. The maximum absolute atomic E-state index is 10.0. The number of hydrogen-bond donors (Lipinski definition) is 2. The summed E-state index contributed by atoms with van der Waals surface area (Å²) in [5.74, 6) is 1.68. The van der Waals surface area contributed by atoms with E-state index in [1.165, 1.54) is 0 Å². The van der Waals surface area contributed by atoms with E-state index in [4.69, 9.17) is 19.5 Å². The number of phenols is 2. The second kappa shape index (κ2) is 9.26. The Morgan fingerprint density at radius 1 is 0.786 bits per heavy atom. The molecule has 1 saturated carbocycles. The Kier molecular flexibility index (Phi) is 6.53. The Hall–Kier alpha value is -3.02. The van der Waals surface area contributed by atoms with Gasteiger partial charge < -0.3 is 19.7 Å². The zero-order valence-electron chi connectivity index (χ0n) is 16.2. The summed E-state index contributed by atoms with van der Waals surface area (Å²) >= 11 is 0. The Balaban J connectivity index is 1.77. The van der Waals surface area contributed by atoms with Crippen LogP contribution in [0.4, 0.5) is 0 Å². The summed E-state index contributed by atoms with van der Waals surface area (Å²) in [5.41, 5.74) is 1.25. The number of aromatic hydroxyl groups is 2. The van der Waals surface area contributed by atoms with Crippen LogP contribution in [0.2, 0.25) is 0 Å². The van der Waals surface area contributed by atoms with Gasteiger partial charge in [-0.1, -0.05) is 12.8 Å². The van der Waals surface area contributed by atoms with Crippen molar-refractivity contribution in [2.24, 2.45) is 9.98 Å². The van der Waals surface area contributed by atoms with Crippen molar-refractivity contribution in [2.75, 3.05) is 14.2 Å². The first-order valence-electron chi connectivity index (χ1n) is 9.41. The summed E-state index contributed by atoms with van der Waals surface area (Å²) in [4.78, 5) is 9.40. The molecule has 1 aliphatic rings. The molecule has 148 valence electrons. The van der Waals surface area contributed by atoms with Crippen LogP contribution in [0, 0.1) is 0 Å². The van der Waals surface area contributed by atoms with Crippen LogP contribution in [-0.2, 0) is 0 Å². The predicted octanol–water partition coefficient (Wildman–Crippen LogP) is 3.96. The van der Waals surface area contributed by atoms with Crippen molar-refractivity contribution >= 4 is 12.4 Å². The molecule has 1 aliphatic carbocycles. The smallest absolute Gasteiger partial charge is 0.124 e. The molecule has 3 rings (SSSR count). The monoisotopic (exact) mass is 382 g/mol. The van der Waals surface area contributed by atoms with Gasteiger partial charge in [0, 0.05) is 23.6 Å². The molecule has 0 heterocycles. The van der Waals surface area contributed by atoms with E-state index in [1.54, 1.807) is 63.0 Å². The van der Waals surface area contributed by atoms with Crippen molar-refractivity contribution in [3.05, 3.63) is 47.5 Å². The Morgan fingerprint density at radius 3 is 1.61 bits per heavy atom. The summed E-state index contributed by atoms with van der Waals surface area (Å²) in [6.45, 7) is 0. The minimum absolute atomic E-state index is 0.0309. The molecule has 2 aromatic rings. The lowest BCUT2D eigenvalue weighted by atomic mass is 9.91. The predicted molar refractivity (Wildman–Crippen MR) is 111 cm³/mol. The third kappa shape index (κ3) is 4.82. The van der Waals surface area contributed by atoms with Gasteiger partial charge >= 0.3 is 0 Å². The van der Waals surface area contributed by atoms with Gasteiger partial charge in [0.1, 0.15) is 23.0 Å². The Morgan fingerprint density at radius 2 is 1.21 bits per heavy atom. The van der Waals surface area contributed by atoms with Gasteiger partial charge in [-0.25, -0.2) is 0 Å². The largest absolute Gasteiger partial charge is 0.507 e. The third-order valence-corrected chi connectivity index (χ3v) is 4.97. The van der Waals surface area contributed by atoms with Crippen molar-refractivity contribution in [3.63, 3.8) is 0 Å². The number of ether oxygens (including phenoxy) is 2. The summed E-state index contributed by atoms with van der Waals surface area (Å²) in [6, 6.07) is 10.2. The summed E-state index contributed by atoms with van der Waals surface area (Å²) in [7, 11) is 3.18. The molecular formula is C22H26N2O4. The normalized spacial score (nSPS) is 19.9. The standard InChI is InChI=1S/C22H26N2O4/c1-27-17-7-9-21(25)15(11-17)13-23-19-5-3-4-6-20(19)24-14-16-12-18(28-2)8-10-22(16)26/h7-14,19-20,25-26H,3-6H2,1-2H3. The van der Waals surface area contributed by atoms with Gasteiger partial charge in [-0.2, -0.15) is 0 Å². The van der Waals surface area contributed by atoms with Crippen LogP contribution in [0.15, 0.2) is 46.4 Å². The second-order valence-corrected chi connectivity index (χ2v) is 6.82. The highest BCUT2D eigenvalue weighted by molar-refractivity contribution is 5.85. The molecule has 2 N–H and O–H groups in total. The van der Waals surface area contributed by atoms with E-state index in [2.05, 4.69) is 0 Å². The molecule has 6 nitrogen and oxygen atoms in total. The lowest BCUT2D eigenvalue weighted by molar-refractivity contribution is 0.389. The number of benzene rings is 2. The first kappa shape index (κ1) is 19.7. The van der Waals surface area contributed by atoms with Gasteiger partial charge in [-0.3, -0.25) is 9.98 Å². The molecule has 0 aromatic heterocycles. The average molecular weight is 382 g/mol. The maximum Gasteiger partial charge on any atom is 0.124 e. The molecular weight excluding hydrogens is 356 g/mol. The molecule has 6 heteroatoms. The van der Waals surface area contributed by atoms with Crippen molar-refractivity contribution in [1.29, 1.82) is 0 Å². The number of hydrogen-bond acceptors (Lipinski definition) is 6. The SMILES string of the molecule is COc1ccc(O)c(C=NC2CCCCC2N=Cc2cc(OC)ccc2O)c1. The second-order valence-electron chi connectivity index (χ2n) is 6.82. The fourth-order valence-corrected chi connectivity index (χ4v) is 3.32. The number of rotatable bonds is 6. The highest BCUT2D eigenvalue weighted by atomic mass is 16.5. The van der Waals surface area contributed by atoms with Gasteiger partial charge in [0.05, 0.1) is 26.3 Å². The van der Waals surface area contributed by atoms with E-state index in [0.717, 1.165) is 25.7 Å². The van der Waals surface area contributed by atoms with Crippen LogP contribution in [0.1, 0.15) is 36.8 Å². The first-order valence-corrected chi connectivity index (χ1v) is 9.41. The highest BCUT2D eigenvalue weighted by Crippen LogP contribution is 2.27. The molecule has 0 amide bonds. The van der Waals surface area contributed by atoms with Crippen LogP contribution in [-0.4, -0.2) is 48.9 Å². The van der Waals surface area contributed by atoms with Crippen LogP contribution in [0.25, 0.3) is 0 Å². The molecule has 2 aromatic carbocycles. The van der Waals surface area contributed by atoms with Gasteiger partial charge in [0.2, 0.25) is 0 Å². The van der Waals surface area contributed by atoms with E-state index >= 15 is 0 Å². The van der Waals surface area contributed by atoms with Crippen molar-refractivity contribution < 1.29 is 19.7 Å². The summed E-state index contributed by atoms with van der Waals surface area (Å²) < 4.78 is 10.4. The highest BCUT2D eigenvalue weighted by Gasteiger charge is 2.23. The van der Waals surface area contributed by atoms with E-state index in [1.807, 2.05) is 0 Å². The number of phenolic OH excluding ortho intramolecular Hbond substituents is 2. The van der Waals surface area contributed by atoms with Gasteiger partial charge in [-0.05, 0) is 49.2 Å². The van der Waals surface area contributed by atoms with Crippen LogP contribution >= 0.6 is 0 Å². The third-order valence-electron chi connectivity index (χ3n) is 4.97. The van der Waals surface area contributed by atoms with Crippen LogP contribution < -0.4 is 9.47 Å². The maximum atomic E-state index is 10.0. The van der Waals surface area contributed by atoms with Crippen LogP contribution in [0.5, 0.6) is 23.0 Å². The van der Waals surface area contributed by atoms with Crippen LogP contribution in [0.3, 0.4) is 0 Å². The van der Waals surface area contributed by atoms with E-state index in [0.29, 0.717) is 22.6 Å². The van der Waals surface area contributed by atoms with Gasteiger partial charge in [0.15, 0.2) is 0 Å². The van der Waals surface area contributed by atoms with E-state index in [9.17, 15) is 10.2 Å². The summed E-state index contributed by atoms with van der Waals surface area (Å²) in [6.07, 6.45) is 7.46. The molecule has 0 saturated heterocycles. The number of nitrogens with zero attached hydrogens (tertiary/aromatic N) is 2. The number of methoxy groups -OCH3 is 2. The van der Waals surface area contributed by atoms with Crippen molar-refractivity contribution in [1.82, 2.24) is 0 Å². The molecule has 0 bridgehead atoms. The fourth-order valence-electron chi connectivity index (χ4n) is 3.32. The molecule has 28 heavy (non-hydrogen) atoms. The minimum atomic E-state index is 0.0309. The minimum Gasteiger partial charge on any atom is -0.507 e. The quantitative estimate of drug-likeness (QED) is 0.741. The zero-order chi connectivity index (χ0) is 19.9. The lowest BCUT2D eigenvalue weighted by Crippen LogP contribution is -2.27. The lowest BCUT2D eigenvalue weighted by Gasteiger charge is -2.25. The molecule has 2 unspecified atom stereocenters. The molecule has 0 aliphatic heterocycles. The molecule has 0 spiro atoms. The van der Waals surface area contributed by atoms with Gasteiger partial charge in [-0.15, -0.1) is 0 Å². The van der Waals surface area contributed by atoms with Crippen molar-refractivity contribution in [2.45, 2.75) is 37.8 Å². The number of aliphatic imine (C=N–C) groups is 2. The average Bonchev–Trinajstić information content (AvgIpc) is 2.73. The zero-order valence-corrected chi connectivity index (χ0v) is 16.2. The topological polar surface area (TPSA) is 83.6 Å². The summed E-state index contributed by atoms with van der Waals surface area (Å²) in [5, 5.41) is 20.1.